The fraction of sp³-hybridized carbons (Fsp3) is 0.0714. The van der Waals surface area contributed by atoms with Gasteiger partial charge in [0, 0.05) is 17.1 Å². The Labute approximate surface area is 132 Å². The predicted octanol–water partition coefficient (Wildman–Crippen LogP) is 4.21. The van der Waals surface area contributed by atoms with E-state index in [1.807, 2.05) is 0 Å². The molecule has 2 rings (SSSR count). The lowest BCUT2D eigenvalue weighted by molar-refractivity contribution is 0.0993. The number of halogens is 3. The van der Waals surface area contributed by atoms with E-state index in [0.29, 0.717) is 16.9 Å². The highest BCUT2D eigenvalue weighted by Gasteiger charge is 2.16. The van der Waals surface area contributed by atoms with Crippen molar-refractivity contribution >= 4 is 49.1 Å². The van der Waals surface area contributed by atoms with Gasteiger partial charge in [0.15, 0.2) is 0 Å². The normalized spacial score (nSPS) is 10.4. The summed E-state index contributed by atoms with van der Waals surface area (Å²) in [5.41, 5.74) is 7.36. The number of nitrogen functional groups attached to an aromatic ring is 1. The Bertz CT molecular complexity index is 676. The van der Waals surface area contributed by atoms with Gasteiger partial charge in [0.05, 0.1) is 15.8 Å². The molecular weight excluding hydrogens is 391 g/mol. The third-order valence-corrected chi connectivity index (χ3v) is 3.92. The van der Waals surface area contributed by atoms with Gasteiger partial charge in [-0.2, -0.15) is 0 Å². The summed E-state index contributed by atoms with van der Waals surface area (Å²) in [5.74, 6) is -0.674. The van der Waals surface area contributed by atoms with Gasteiger partial charge in [-0.1, -0.05) is 15.9 Å². The topological polar surface area (TPSA) is 46.3 Å². The molecule has 0 unspecified atom stereocenters. The largest absolute Gasteiger partial charge is 0.397 e. The Balaban J connectivity index is 2.34. The number of rotatable bonds is 2. The van der Waals surface area contributed by atoms with Crippen LogP contribution in [0.4, 0.5) is 15.8 Å². The minimum absolute atomic E-state index is 0.250. The molecule has 0 fully saturated rings. The van der Waals surface area contributed by atoms with Crippen LogP contribution in [0.5, 0.6) is 0 Å². The standard InChI is InChI=1S/C14H11Br2FN2O/c1-19(13-5-3-9(15)7-12(13)18)14(20)8-2-4-11(17)10(16)6-8/h2-7H,18H2,1H3. The molecular formula is C14H11Br2FN2O. The number of nitrogens with two attached hydrogens (primary N) is 1. The average molecular weight is 402 g/mol. The van der Waals surface area contributed by atoms with Gasteiger partial charge in [0.2, 0.25) is 0 Å². The highest BCUT2D eigenvalue weighted by Crippen LogP contribution is 2.27. The molecule has 0 bridgehead atoms. The zero-order valence-electron chi connectivity index (χ0n) is 10.5. The Morgan fingerprint density at radius 3 is 2.50 bits per heavy atom. The van der Waals surface area contributed by atoms with E-state index in [-0.39, 0.29) is 10.4 Å². The van der Waals surface area contributed by atoms with Crippen LogP contribution < -0.4 is 10.6 Å². The summed E-state index contributed by atoms with van der Waals surface area (Å²) >= 11 is 6.38. The minimum Gasteiger partial charge on any atom is -0.397 e. The maximum Gasteiger partial charge on any atom is 0.258 e. The van der Waals surface area contributed by atoms with E-state index in [1.54, 1.807) is 25.2 Å². The first-order valence-electron chi connectivity index (χ1n) is 5.68. The molecule has 2 aromatic carbocycles. The van der Waals surface area contributed by atoms with E-state index >= 15 is 0 Å². The number of carbonyl (C=O) groups excluding carboxylic acids is 1. The lowest BCUT2D eigenvalue weighted by Crippen LogP contribution is -2.27. The van der Waals surface area contributed by atoms with Crippen molar-refractivity contribution in [3.63, 3.8) is 0 Å². The van der Waals surface area contributed by atoms with E-state index in [4.69, 9.17) is 5.73 Å². The molecule has 2 aromatic rings. The second kappa shape index (κ2) is 5.93. The Morgan fingerprint density at radius 1 is 1.20 bits per heavy atom. The van der Waals surface area contributed by atoms with Gasteiger partial charge in [-0.05, 0) is 52.3 Å². The second-order valence-electron chi connectivity index (χ2n) is 4.20. The van der Waals surface area contributed by atoms with Crippen molar-refractivity contribution in [2.24, 2.45) is 0 Å². The van der Waals surface area contributed by atoms with E-state index < -0.39 is 5.82 Å². The van der Waals surface area contributed by atoms with Crippen LogP contribution in [0.1, 0.15) is 10.4 Å². The van der Waals surface area contributed by atoms with Crippen LogP contribution in [0.25, 0.3) is 0 Å². The SMILES string of the molecule is CN(C(=O)c1ccc(F)c(Br)c1)c1ccc(Br)cc1N. The molecule has 0 aliphatic heterocycles. The number of amides is 1. The van der Waals surface area contributed by atoms with Crippen molar-refractivity contribution in [3.05, 3.63) is 56.7 Å². The van der Waals surface area contributed by atoms with Crippen molar-refractivity contribution in [1.29, 1.82) is 0 Å². The molecule has 0 radical (unpaired) electrons. The van der Waals surface area contributed by atoms with Gasteiger partial charge in [-0.15, -0.1) is 0 Å². The first kappa shape index (κ1) is 15.0. The molecule has 0 aliphatic carbocycles. The second-order valence-corrected chi connectivity index (χ2v) is 5.97. The lowest BCUT2D eigenvalue weighted by atomic mass is 10.1. The van der Waals surface area contributed by atoms with Crippen molar-refractivity contribution in [2.75, 3.05) is 17.7 Å². The quantitative estimate of drug-likeness (QED) is 0.766. The van der Waals surface area contributed by atoms with E-state index in [0.717, 1.165) is 4.47 Å². The van der Waals surface area contributed by atoms with Crippen LogP contribution in [0.2, 0.25) is 0 Å². The third kappa shape index (κ3) is 3.02. The Hall–Kier alpha value is -1.40. The van der Waals surface area contributed by atoms with Crippen LogP contribution in [0.3, 0.4) is 0 Å². The first-order valence-corrected chi connectivity index (χ1v) is 7.27. The monoisotopic (exact) mass is 400 g/mol. The van der Waals surface area contributed by atoms with E-state index in [1.165, 1.54) is 23.1 Å². The Kier molecular flexibility index (Phi) is 4.45. The molecule has 0 heterocycles. The van der Waals surface area contributed by atoms with Gasteiger partial charge < -0.3 is 10.6 Å². The highest BCUT2D eigenvalue weighted by atomic mass is 79.9. The molecule has 104 valence electrons. The number of benzene rings is 2. The molecule has 0 atom stereocenters. The molecule has 0 aliphatic rings. The summed E-state index contributed by atoms with van der Waals surface area (Å²) in [6.45, 7) is 0. The van der Waals surface area contributed by atoms with Crippen molar-refractivity contribution in [2.45, 2.75) is 0 Å². The predicted molar refractivity (Wildman–Crippen MR) is 85.4 cm³/mol. The molecule has 0 saturated carbocycles. The van der Waals surface area contributed by atoms with Crippen LogP contribution in [0.15, 0.2) is 45.3 Å². The molecule has 6 heteroatoms. The number of carbonyl (C=O) groups is 1. The number of anilines is 2. The summed E-state index contributed by atoms with van der Waals surface area (Å²) in [5, 5.41) is 0. The maximum atomic E-state index is 13.2. The van der Waals surface area contributed by atoms with Gasteiger partial charge >= 0.3 is 0 Å². The molecule has 3 nitrogen and oxygen atoms in total. The smallest absolute Gasteiger partial charge is 0.258 e. The molecule has 20 heavy (non-hydrogen) atoms. The minimum atomic E-state index is -0.410. The number of hydrogen-bond acceptors (Lipinski definition) is 2. The van der Waals surface area contributed by atoms with Crippen LogP contribution in [-0.4, -0.2) is 13.0 Å². The average Bonchev–Trinajstić information content (AvgIpc) is 2.40. The Morgan fingerprint density at radius 2 is 1.90 bits per heavy atom. The fourth-order valence-electron chi connectivity index (χ4n) is 1.76. The molecule has 2 N–H and O–H groups in total. The summed E-state index contributed by atoms with van der Waals surface area (Å²) in [6, 6.07) is 9.40. The maximum absolute atomic E-state index is 13.2. The van der Waals surface area contributed by atoms with Crippen LogP contribution in [-0.2, 0) is 0 Å². The summed E-state index contributed by atoms with van der Waals surface area (Å²) in [4.78, 5) is 13.8. The zero-order valence-corrected chi connectivity index (χ0v) is 13.7. The molecule has 0 aromatic heterocycles. The van der Waals surface area contributed by atoms with Crippen molar-refractivity contribution in [3.8, 4) is 0 Å². The highest BCUT2D eigenvalue weighted by molar-refractivity contribution is 9.10. The third-order valence-electron chi connectivity index (χ3n) is 2.82. The van der Waals surface area contributed by atoms with Crippen LogP contribution >= 0.6 is 31.9 Å². The summed E-state index contributed by atoms with van der Waals surface area (Å²) in [6.07, 6.45) is 0. The molecule has 0 spiro atoms. The van der Waals surface area contributed by atoms with Gasteiger partial charge in [0.1, 0.15) is 5.82 Å². The number of hydrogen-bond donors (Lipinski definition) is 1. The van der Waals surface area contributed by atoms with Gasteiger partial charge in [-0.3, -0.25) is 4.79 Å². The number of nitrogens with zero attached hydrogens (tertiary/aromatic N) is 1. The first-order chi connectivity index (χ1) is 9.40. The molecule has 0 saturated heterocycles. The van der Waals surface area contributed by atoms with E-state index in [2.05, 4.69) is 31.9 Å². The van der Waals surface area contributed by atoms with Gasteiger partial charge in [-0.25, -0.2) is 4.39 Å². The lowest BCUT2D eigenvalue weighted by Gasteiger charge is -2.19. The fourth-order valence-corrected chi connectivity index (χ4v) is 2.52. The van der Waals surface area contributed by atoms with Crippen molar-refractivity contribution in [1.82, 2.24) is 0 Å². The van der Waals surface area contributed by atoms with Gasteiger partial charge in [0.25, 0.3) is 5.91 Å². The summed E-state index contributed by atoms with van der Waals surface area (Å²) < 4.78 is 14.3. The summed E-state index contributed by atoms with van der Waals surface area (Å²) in [7, 11) is 1.62. The van der Waals surface area contributed by atoms with Crippen molar-refractivity contribution < 1.29 is 9.18 Å². The zero-order chi connectivity index (χ0) is 14.9. The molecule has 1 amide bonds. The van der Waals surface area contributed by atoms with Crippen LogP contribution in [0, 0.1) is 5.82 Å². The van der Waals surface area contributed by atoms with E-state index in [9.17, 15) is 9.18 Å².